The van der Waals surface area contributed by atoms with Crippen LogP contribution < -0.4 is 10.6 Å². The number of amides is 1. The van der Waals surface area contributed by atoms with Gasteiger partial charge in [0, 0.05) is 13.5 Å². The third-order valence-electron chi connectivity index (χ3n) is 2.86. The summed E-state index contributed by atoms with van der Waals surface area (Å²) in [6.07, 6.45) is 0. The Bertz CT molecular complexity index is 171. The van der Waals surface area contributed by atoms with Crippen LogP contribution in [0.3, 0.4) is 0 Å². The number of fused-ring (bicyclic) bond motifs is 1. The predicted molar refractivity (Wildman–Crippen MR) is 42.0 cm³/mol. The molecule has 1 aliphatic heterocycles. The van der Waals surface area contributed by atoms with Crippen LogP contribution >= 0.6 is 0 Å². The summed E-state index contributed by atoms with van der Waals surface area (Å²) in [6, 6.07) is 0. The minimum atomic E-state index is 0.0999. The molecule has 1 saturated carbocycles. The summed E-state index contributed by atoms with van der Waals surface area (Å²) in [5, 5.41) is 6.20. The van der Waals surface area contributed by atoms with Gasteiger partial charge in [0.05, 0.1) is 0 Å². The maximum Gasteiger partial charge on any atom is 0.216 e. The third-order valence-corrected chi connectivity index (χ3v) is 2.86. The number of rotatable bonds is 2. The average molecular weight is 154 g/mol. The van der Waals surface area contributed by atoms with Crippen molar-refractivity contribution in [2.75, 3.05) is 19.6 Å². The number of hydrogen-bond donors (Lipinski definition) is 2. The second kappa shape index (κ2) is 2.48. The molecule has 2 fully saturated rings. The molecule has 2 unspecified atom stereocenters. The first kappa shape index (κ1) is 7.10. The molecule has 0 aromatic heterocycles. The van der Waals surface area contributed by atoms with Crippen molar-refractivity contribution in [3.05, 3.63) is 0 Å². The summed E-state index contributed by atoms with van der Waals surface area (Å²) in [5.41, 5.74) is 0. The van der Waals surface area contributed by atoms with Gasteiger partial charge in [0.1, 0.15) is 0 Å². The summed E-state index contributed by atoms with van der Waals surface area (Å²) >= 11 is 0. The van der Waals surface area contributed by atoms with E-state index in [1.54, 1.807) is 6.92 Å². The largest absolute Gasteiger partial charge is 0.356 e. The molecule has 0 spiro atoms. The summed E-state index contributed by atoms with van der Waals surface area (Å²) in [6.45, 7) is 4.80. The number of nitrogens with one attached hydrogen (secondary N) is 2. The van der Waals surface area contributed by atoms with E-state index < -0.39 is 0 Å². The van der Waals surface area contributed by atoms with Crippen LogP contribution in [0.2, 0.25) is 0 Å². The van der Waals surface area contributed by atoms with Crippen LogP contribution in [0.15, 0.2) is 0 Å². The smallest absolute Gasteiger partial charge is 0.216 e. The third kappa shape index (κ3) is 1.25. The van der Waals surface area contributed by atoms with Crippen LogP contribution in [0.25, 0.3) is 0 Å². The molecule has 0 aromatic carbocycles. The molecule has 2 rings (SSSR count). The average Bonchev–Trinajstić information content (AvgIpc) is 2.44. The zero-order chi connectivity index (χ0) is 7.84. The Morgan fingerprint density at radius 2 is 2.18 bits per heavy atom. The molecule has 2 aliphatic rings. The lowest BCUT2D eigenvalue weighted by atomic mass is 10.3. The van der Waals surface area contributed by atoms with Crippen molar-refractivity contribution < 1.29 is 4.79 Å². The first-order valence-electron chi connectivity index (χ1n) is 4.24. The van der Waals surface area contributed by atoms with Crippen molar-refractivity contribution in [2.24, 2.45) is 17.8 Å². The minimum absolute atomic E-state index is 0.0999. The highest BCUT2D eigenvalue weighted by Gasteiger charge is 2.52. The van der Waals surface area contributed by atoms with Crippen molar-refractivity contribution in [3.63, 3.8) is 0 Å². The lowest BCUT2D eigenvalue weighted by Crippen LogP contribution is -2.26. The molecule has 0 aromatic rings. The highest BCUT2D eigenvalue weighted by atomic mass is 16.1. The molecule has 62 valence electrons. The highest BCUT2D eigenvalue weighted by Crippen LogP contribution is 2.47. The van der Waals surface area contributed by atoms with E-state index in [4.69, 9.17) is 0 Å². The van der Waals surface area contributed by atoms with Crippen LogP contribution in [0.1, 0.15) is 6.92 Å². The molecule has 11 heavy (non-hydrogen) atoms. The molecule has 1 amide bonds. The molecule has 2 N–H and O–H groups in total. The van der Waals surface area contributed by atoms with Gasteiger partial charge in [-0.3, -0.25) is 4.79 Å². The van der Waals surface area contributed by atoms with E-state index in [-0.39, 0.29) is 5.91 Å². The Balaban J connectivity index is 1.71. The summed E-state index contributed by atoms with van der Waals surface area (Å²) in [7, 11) is 0. The molecular weight excluding hydrogens is 140 g/mol. The van der Waals surface area contributed by atoms with Gasteiger partial charge in [-0.05, 0) is 30.8 Å². The molecule has 1 heterocycles. The zero-order valence-electron chi connectivity index (χ0n) is 6.76. The molecular formula is C8H14N2O. The quantitative estimate of drug-likeness (QED) is 0.567. The maximum atomic E-state index is 10.6. The lowest BCUT2D eigenvalue weighted by Gasteiger charge is -2.03. The Kier molecular flexibility index (Phi) is 1.60. The van der Waals surface area contributed by atoms with Crippen molar-refractivity contribution in [2.45, 2.75) is 6.92 Å². The Morgan fingerprint density at radius 1 is 1.55 bits per heavy atom. The molecule has 1 saturated heterocycles. The first-order valence-corrected chi connectivity index (χ1v) is 4.24. The molecule has 0 bridgehead atoms. The SMILES string of the molecule is CC(=O)NCC1C2CNCC21. The molecule has 3 nitrogen and oxygen atoms in total. The second-order valence-corrected chi connectivity index (χ2v) is 3.59. The first-order chi connectivity index (χ1) is 5.29. The van der Waals surface area contributed by atoms with E-state index in [1.165, 1.54) is 0 Å². The van der Waals surface area contributed by atoms with Crippen molar-refractivity contribution in [3.8, 4) is 0 Å². The zero-order valence-corrected chi connectivity index (χ0v) is 6.76. The Labute approximate surface area is 66.5 Å². The number of hydrogen-bond acceptors (Lipinski definition) is 2. The van der Waals surface area contributed by atoms with Gasteiger partial charge in [-0.15, -0.1) is 0 Å². The lowest BCUT2D eigenvalue weighted by molar-refractivity contribution is -0.119. The fourth-order valence-corrected chi connectivity index (χ4v) is 2.11. The van der Waals surface area contributed by atoms with Crippen LogP contribution in [-0.2, 0) is 4.79 Å². The molecule has 1 aliphatic carbocycles. The van der Waals surface area contributed by atoms with Crippen molar-refractivity contribution in [1.82, 2.24) is 10.6 Å². The summed E-state index contributed by atoms with van der Waals surface area (Å²) in [5.74, 6) is 2.60. The van der Waals surface area contributed by atoms with E-state index >= 15 is 0 Å². The van der Waals surface area contributed by atoms with Gasteiger partial charge in [-0.1, -0.05) is 0 Å². The van der Waals surface area contributed by atoms with E-state index in [9.17, 15) is 4.79 Å². The van der Waals surface area contributed by atoms with Gasteiger partial charge in [0.15, 0.2) is 0 Å². The van der Waals surface area contributed by atoms with Crippen molar-refractivity contribution in [1.29, 1.82) is 0 Å². The van der Waals surface area contributed by atoms with Crippen LogP contribution in [-0.4, -0.2) is 25.5 Å². The van der Waals surface area contributed by atoms with E-state index in [2.05, 4.69) is 10.6 Å². The van der Waals surface area contributed by atoms with Gasteiger partial charge < -0.3 is 10.6 Å². The molecule has 0 radical (unpaired) electrons. The maximum absolute atomic E-state index is 10.6. The van der Waals surface area contributed by atoms with Crippen LogP contribution in [0.4, 0.5) is 0 Å². The Hall–Kier alpha value is -0.570. The van der Waals surface area contributed by atoms with Gasteiger partial charge in [0.25, 0.3) is 0 Å². The van der Waals surface area contributed by atoms with E-state index in [0.29, 0.717) is 0 Å². The number of carbonyl (C=O) groups excluding carboxylic acids is 1. The minimum Gasteiger partial charge on any atom is -0.356 e. The molecule has 3 heteroatoms. The normalized spacial score (nSPS) is 39.9. The Morgan fingerprint density at radius 3 is 2.73 bits per heavy atom. The van der Waals surface area contributed by atoms with Crippen LogP contribution in [0.5, 0.6) is 0 Å². The standard InChI is InChI=1S/C8H14N2O/c1-5(11)10-4-8-6-2-9-3-7(6)8/h6-9H,2-4H2,1H3,(H,10,11). The molecule has 2 atom stereocenters. The van der Waals surface area contributed by atoms with Gasteiger partial charge in [0.2, 0.25) is 5.91 Å². The fraction of sp³-hybridized carbons (Fsp3) is 0.875. The van der Waals surface area contributed by atoms with Gasteiger partial charge in [-0.2, -0.15) is 0 Å². The predicted octanol–water partition coefficient (Wildman–Crippen LogP) is -0.412. The topological polar surface area (TPSA) is 41.1 Å². The second-order valence-electron chi connectivity index (χ2n) is 3.59. The highest BCUT2D eigenvalue weighted by molar-refractivity contribution is 5.72. The van der Waals surface area contributed by atoms with Gasteiger partial charge in [-0.25, -0.2) is 0 Å². The van der Waals surface area contributed by atoms with Crippen molar-refractivity contribution >= 4 is 5.91 Å². The monoisotopic (exact) mass is 154 g/mol. The van der Waals surface area contributed by atoms with Gasteiger partial charge >= 0.3 is 0 Å². The summed E-state index contributed by atoms with van der Waals surface area (Å²) in [4.78, 5) is 10.6. The van der Waals surface area contributed by atoms with Crippen LogP contribution in [0, 0.1) is 17.8 Å². The summed E-state index contributed by atoms with van der Waals surface area (Å²) < 4.78 is 0. The fourth-order valence-electron chi connectivity index (χ4n) is 2.11. The van der Waals surface area contributed by atoms with E-state index in [1.807, 2.05) is 0 Å². The van der Waals surface area contributed by atoms with E-state index in [0.717, 1.165) is 37.4 Å². The number of piperidine rings is 1. The number of carbonyl (C=O) groups is 1.